The number of nitrogens with one attached hydrogen (secondary N) is 2. The molecule has 2 N–H and O–H groups in total. The highest BCUT2D eigenvalue weighted by Gasteiger charge is 2.23. The van der Waals surface area contributed by atoms with Gasteiger partial charge in [0.2, 0.25) is 0 Å². The summed E-state index contributed by atoms with van der Waals surface area (Å²) in [5, 5.41) is 5.95. The number of amides is 1. The average molecular weight is 347 g/mol. The summed E-state index contributed by atoms with van der Waals surface area (Å²) in [6.45, 7) is 2.15. The first-order valence-corrected chi connectivity index (χ1v) is 7.81. The normalized spacial score (nSPS) is 12.6. The lowest BCUT2D eigenvalue weighted by atomic mass is 10.1. The smallest absolute Gasteiger partial charge is 0.251 e. The molecule has 25 heavy (non-hydrogen) atoms. The van der Waals surface area contributed by atoms with E-state index >= 15 is 0 Å². The van der Waals surface area contributed by atoms with E-state index in [1.54, 1.807) is 7.11 Å². The zero-order valence-corrected chi connectivity index (χ0v) is 14.2. The molecule has 0 saturated carbocycles. The highest BCUT2D eigenvalue weighted by Crippen LogP contribution is 2.39. The van der Waals surface area contributed by atoms with Gasteiger partial charge < -0.3 is 20.3 Å². The largest absolute Gasteiger partial charge is 0.496 e. The van der Waals surface area contributed by atoms with Crippen molar-refractivity contribution in [2.75, 3.05) is 31.0 Å². The van der Waals surface area contributed by atoms with E-state index in [2.05, 4.69) is 10.6 Å². The first-order chi connectivity index (χ1) is 11.9. The maximum atomic E-state index is 13.7. The Morgan fingerprint density at radius 2 is 2.00 bits per heavy atom. The van der Waals surface area contributed by atoms with Gasteiger partial charge in [-0.05, 0) is 31.2 Å². The summed E-state index contributed by atoms with van der Waals surface area (Å²) in [6, 6.07) is 5.80. The van der Waals surface area contributed by atoms with Gasteiger partial charge in [0.05, 0.1) is 25.2 Å². The Labute approximate surface area is 144 Å². The number of fused-ring (bicyclic) bond motifs is 1. The van der Waals surface area contributed by atoms with Crippen molar-refractivity contribution >= 4 is 17.3 Å². The highest BCUT2D eigenvalue weighted by atomic mass is 19.1. The van der Waals surface area contributed by atoms with Crippen LogP contribution in [0, 0.1) is 18.6 Å². The summed E-state index contributed by atoms with van der Waals surface area (Å²) in [4.78, 5) is 14.3. The Morgan fingerprint density at radius 1 is 1.32 bits per heavy atom. The number of rotatable bonds is 4. The number of ether oxygens (including phenoxy) is 1. The third-order valence-electron chi connectivity index (χ3n) is 4.32. The molecular weight excluding hydrogens is 328 g/mol. The van der Waals surface area contributed by atoms with Gasteiger partial charge in [-0.15, -0.1) is 0 Å². The van der Waals surface area contributed by atoms with Crippen molar-refractivity contribution in [1.29, 1.82) is 0 Å². The number of anilines is 2. The quantitative estimate of drug-likeness (QED) is 0.893. The Morgan fingerprint density at radius 3 is 2.64 bits per heavy atom. The van der Waals surface area contributed by atoms with Gasteiger partial charge >= 0.3 is 0 Å². The van der Waals surface area contributed by atoms with Crippen LogP contribution in [0.2, 0.25) is 0 Å². The van der Waals surface area contributed by atoms with Crippen molar-refractivity contribution in [3.63, 3.8) is 0 Å². The molecule has 1 heterocycles. The molecule has 0 aliphatic carbocycles. The van der Waals surface area contributed by atoms with Crippen molar-refractivity contribution in [2.24, 2.45) is 0 Å². The van der Waals surface area contributed by atoms with Gasteiger partial charge in [-0.3, -0.25) is 4.79 Å². The van der Waals surface area contributed by atoms with Crippen LogP contribution in [0.25, 0.3) is 0 Å². The molecule has 0 aromatic heterocycles. The van der Waals surface area contributed by atoms with Crippen LogP contribution in [-0.2, 0) is 6.54 Å². The molecular formula is C18H19F2N3O2. The Hall–Kier alpha value is -2.83. The minimum Gasteiger partial charge on any atom is -0.496 e. The summed E-state index contributed by atoms with van der Waals surface area (Å²) in [5.74, 6) is -1.40. The molecule has 7 heteroatoms. The zero-order valence-electron chi connectivity index (χ0n) is 14.2. The van der Waals surface area contributed by atoms with Gasteiger partial charge in [-0.25, -0.2) is 8.78 Å². The van der Waals surface area contributed by atoms with E-state index in [0.29, 0.717) is 12.4 Å². The van der Waals surface area contributed by atoms with Crippen LogP contribution in [0.4, 0.5) is 20.2 Å². The number of carbonyl (C=O) groups is 1. The molecule has 2 aromatic rings. The van der Waals surface area contributed by atoms with Crippen LogP contribution >= 0.6 is 0 Å². The van der Waals surface area contributed by atoms with Gasteiger partial charge in [-0.2, -0.15) is 0 Å². The molecule has 5 nitrogen and oxygen atoms in total. The summed E-state index contributed by atoms with van der Waals surface area (Å²) in [7, 11) is 3.48. The number of methoxy groups -OCH3 is 1. The van der Waals surface area contributed by atoms with E-state index in [-0.39, 0.29) is 17.7 Å². The average Bonchev–Trinajstić information content (AvgIpc) is 2.98. The van der Waals surface area contributed by atoms with Gasteiger partial charge in [0.25, 0.3) is 5.91 Å². The second-order valence-corrected chi connectivity index (χ2v) is 5.92. The maximum absolute atomic E-state index is 13.7. The van der Waals surface area contributed by atoms with E-state index in [0.717, 1.165) is 29.1 Å². The summed E-state index contributed by atoms with van der Waals surface area (Å²) < 4.78 is 32.7. The SMILES string of the molecule is COc1ccc2c(c1CNC(=O)c1cc(F)c(C)c(F)c1)N(C)CN2. The number of carbonyl (C=O) groups excluding carboxylic acids is 1. The van der Waals surface area contributed by atoms with Crippen molar-refractivity contribution in [3.8, 4) is 5.75 Å². The van der Waals surface area contributed by atoms with E-state index < -0.39 is 17.5 Å². The van der Waals surface area contributed by atoms with Crippen molar-refractivity contribution < 1.29 is 18.3 Å². The molecule has 0 atom stereocenters. The molecule has 0 fully saturated rings. The number of hydrogen-bond donors (Lipinski definition) is 2. The van der Waals surface area contributed by atoms with E-state index in [1.807, 2.05) is 24.1 Å². The molecule has 0 unspecified atom stereocenters. The van der Waals surface area contributed by atoms with Crippen molar-refractivity contribution in [1.82, 2.24) is 5.32 Å². The molecule has 132 valence electrons. The van der Waals surface area contributed by atoms with Crippen LogP contribution < -0.4 is 20.3 Å². The fourth-order valence-electron chi connectivity index (χ4n) is 2.89. The molecule has 2 aromatic carbocycles. The molecule has 0 bridgehead atoms. The van der Waals surface area contributed by atoms with Crippen LogP contribution in [0.3, 0.4) is 0 Å². The topological polar surface area (TPSA) is 53.6 Å². The maximum Gasteiger partial charge on any atom is 0.251 e. The van der Waals surface area contributed by atoms with Crippen LogP contribution in [0.5, 0.6) is 5.75 Å². The molecule has 1 aliphatic heterocycles. The summed E-state index contributed by atoms with van der Waals surface area (Å²) in [5.41, 5.74) is 2.51. The highest BCUT2D eigenvalue weighted by molar-refractivity contribution is 5.94. The fourth-order valence-corrected chi connectivity index (χ4v) is 2.89. The van der Waals surface area contributed by atoms with Gasteiger partial charge in [0.15, 0.2) is 0 Å². The lowest BCUT2D eigenvalue weighted by Crippen LogP contribution is -2.25. The Balaban J connectivity index is 1.85. The van der Waals surface area contributed by atoms with Crippen molar-refractivity contribution in [3.05, 3.63) is 52.6 Å². The molecule has 0 radical (unpaired) electrons. The number of benzene rings is 2. The summed E-state index contributed by atoms with van der Waals surface area (Å²) >= 11 is 0. The molecule has 0 spiro atoms. The first kappa shape index (κ1) is 17.0. The van der Waals surface area contributed by atoms with E-state index in [1.165, 1.54) is 6.92 Å². The lowest BCUT2D eigenvalue weighted by Gasteiger charge is -2.18. The molecule has 1 amide bonds. The first-order valence-electron chi connectivity index (χ1n) is 7.81. The lowest BCUT2D eigenvalue weighted by molar-refractivity contribution is 0.0949. The van der Waals surface area contributed by atoms with Crippen LogP contribution in [-0.4, -0.2) is 26.7 Å². The Bertz CT molecular complexity index is 816. The Kier molecular flexibility index (Phi) is 4.48. The minimum atomic E-state index is -0.743. The van der Waals surface area contributed by atoms with E-state index in [4.69, 9.17) is 4.74 Å². The molecule has 1 aliphatic rings. The van der Waals surface area contributed by atoms with Crippen LogP contribution in [0.15, 0.2) is 24.3 Å². The second kappa shape index (κ2) is 6.58. The monoisotopic (exact) mass is 347 g/mol. The standard InChI is InChI=1S/C18H19F2N3O2/c1-10-13(19)6-11(7-14(10)20)18(24)21-8-12-16(25-3)5-4-15-17(12)23(2)9-22-15/h4-7,22H,8-9H2,1-3H3,(H,21,24). The van der Waals surface area contributed by atoms with E-state index in [9.17, 15) is 13.6 Å². The second-order valence-electron chi connectivity index (χ2n) is 5.92. The predicted octanol–water partition coefficient (Wildman–Crippen LogP) is 3.03. The third kappa shape index (κ3) is 3.09. The van der Waals surface area contributed by atoms with Crippen LogP contribution in [0.1, 0.15) is 21.5 Å². The molecule has 3 rings (SSSR count). The number of hydrogen-bond acceptors (Lipinski definition) is 4. The fraction of sp³-hybridized carbons (Fsp3) is 0.278. The third-order valence-corrected chi connectivity index (χ3v) is 4.32. The van der Waals surface area contributed by atoms with Gasteiger partial charge in [-0.1, -0.05) is 0 Å². The van der Waals surface area contributed by atoms with Gasteiger partial charge in [0, 0.05) is 30.3 Å². The van der Waals surface area contributed by atoms with Crippen molar-refractivity contribution in [2.45, 2.75) is 13.5 Å². The zero-order chi connectivity index (χ0) is 18.1. The summed E-state index contributed by atoms with van der Waals surface area (Å²) in [6.07, 6.45) is 0. The minimum absolute atomic E-state index is 0.0568. The number of halogens is 2. The van der Waals surface area contributed by atoms with Gasteiger partial charge in [0.1, 0.15) is 17.4 Å². The predicted molar refractivity (Wildman–Crippen MR) is 92.2 cm³/mol. The molecule has 0 saturated heterocycles. The number of nitrogens with zero attached hydrogens (tertiary/aromatic N) is 1.